The molecule has 128 valence electrons. The fraction of sp³-hybridized carbons (Fsp3) is 0.353. The maximum atomic E-state index is 12.3. The summed E-state index contributed by atoms with van der Waals surface area (Å²) in [5, 5.41) is 13.7. The van der Waals surface area contributed by atoms with Gasteiger partial charge in [-0.1, -0.05) is 18.2 Å². The number of hydrogen-bond acceptors (Lipinski definition) is 6. The molecule has 1 aliphatic heterocycles. The summed E-state index contributed by atoms with van der Waals surface area (Å²) in [5.41, 5.74) is 0. The van der Waals surface area contributed by atoms with E-state index in [0.29, 0.717) is 18.0 Å². The highest BCUT2D eigenvalue weighted by Gasteiger charge is 2.27. The molecular weight excluding hydrogens is 330 g/mol. The van der Waals surface area contributed by atoms with Crippen LogP contribution in [0.2, 0.25) is 0 Å². The topological polar surface area (TPSA) is 77.0 Å². The van der Waals surface area contributed by atoms with Crippen LogP contribution in [0.1, 0.15) is 11.0 Å². The normalized spacial score (nSPS) is 17.3. The first kappa shape index (κ1) is 16.8. The lowest BCUT2D eigenvalue weighted by Crippen LogP contribution is -2.45. The Labute approximate surface area is 144 Å². The summed E-state index contributed by atoms with van der Waals surface area (Å²) in [6.45, 7) is 0.631. The Bertz CT molecular complexity index is 661. The van der Waals surface area contributed by atoms with Crippen LogP contribution in [0.3, 0.4) is 0 Å². The van der Waals surface area contributed by atoms with E-state index in [1.165, 1.54) is 0 Å². The van der Waals surface area contributed by atoms with E-state index in [2.05, 4.69) is 5.32 Å². The maximum Gasteiger partial charge on any atom is 0.264 e. The molecule has 2 heterocycles. The zero-order valence-corrected chi connectivity index (χ0v) is 13.8. The fourth-order valence-corrected chi connectivity index (χ4v) is 3.14. The number of thiophene rings is 1. The van der Waals surface area contributed by atoms with Crippen molar-refractivity contribution in [3.63, 3.8) is 0 Å². The summed E-state index contributed by atoms with van der Waals surface area (Å²) < 4.78 is 16.8. The zero-order chi connectivity index (χ0) is 16.8. The highest BCUT2D eigenvalue weighted by Crippen LogP contribution is 2.31. The molecule has 24 heavy (non-hydrogen) atoms. The third-order valence-electron chi connectivity index (χ3n) is 3.53. The SMILES string of the molecule is O=C(NC[C@H](OCCO)c1cccs1)[C@H]1COc2ccccc2O1. The molecule has 0 aliphatic carbocycles. The number of para-hydroxylation sites is 2. The quantitative estimate of drug-likeness (QED) is 0.796. The molecule has 2 N–H and O–H groups in total. The van der Waals surface area contributed by atoms with Crippen LogP contribution in [0.25, 0.3) is 0 Å². The van der Waals surface area contributed by atoms with Gasteiger partial charge in [-0.3, -0.25) is 4.79 Å². The fourth-order valence-electron chi connectivity index (χ4n) is 2.37. The number of fused-ring (bicyclic) bond motifs is 1. The van der Waals surface area contributed by atoms with Crippen molar-refractivity contribution >= 4 is 17.2 Å². The molecule has 0 unspecified atom stereocenters. The van der Waals surface area contributed by atoms with E-state index in [1.54, 1.807) is 23.5 Å². The number of rotatable bonds is 7. The van der Waals surface area contributed by atoms with Crippen LogP contribution in [-0.4, -0.2) is 43.5 Å². The molecular formula is C17H19NO5S. The summed E-state index contributed by atoms with van der Waals surface area (Å²) >= 11 is 1.55. The second kappa shape index (κ2) is 8.14. The first-order valence-electron chi connectivity index (χ1n) is 7.70. The molecule has 0 bridgehead atoms. The van der Waals surface area contributed by atoms with Gasteiger partial charge in [0.25, 0.3) is 5.91 Å². The average molecular weight is 349 g/mol. The monoisotopic (exact) mass is 349 g/mol. The van der Waals surface area contributed by atoms with E-state index >= 15 is 0 Å². The number of ether oxygens (including phenoxy) is 3. The summed E-state index contributed by atoms with van der Waals surface area (Å²) in [6.07, 6.45) is -0.986. The Morgan fingerprint density at radius 1 is 1.33 bits per heavy atom. The Kier molecular flexibility index (Phi) is 5.68. The van der Waals surface area contributed by atoms with E-state index in [1.807, 2.05) is 29.6 Å². The number of carbonyl (C=O) groups is 1. The maximum absolute atomic E-state index is 12.3. The van der Waals surface area contributed by atoms with Gasteiger partial charge in [0.2, 0.25) is 6.10 Å². The van der Waals surface area contributed by atoms with Crippen LogP contribution in [-0.2, 0) is 9.53 Å². The van der Waals surface area contributed by atoms with Crippen LogP contribution in [0.4, 0.5) is 0 Å². The smallest absolute Gasteiger partial charge is 0.264 e. The highest BCUT2D eigenvalue weighted by atomic mass is 32.1. The summed E-state index contributed by atoms with van der Waals surface area (Å²) in [4.78, 5) is 13.3. The largest absolute Gasteiger partial charge is 0.485 e. The molecule has 0 radical (unpaired) electrons. The number of aliphatic hydroxyl groups excluding tert-OH is 1. The third-order valence-corrected chi connectivity index (χ3v) is 4.50. The van der Waals surface area contributed by atoms with Crippen LogP contribution in [0.5, 0.6) is 11.5 Å². The van der Waals surface area contributed by atoms with Crippen molar-refractivity contribution in [1.29, 1.82) is 0 Å². The van der Waals surface area contributed by atoms with E-state index in [4.69, 9.17) is 19.3 Å². The second-order valence-electron chi connectivity index (χ2n) is 5.21. The minimum absolute atomic E-state index is 0.0633. The molecule has 0 fully saturated rings. The molecule has 0 saturated carbocycles. The second-order valence-corrected chi connectivity index (χ2v) is 6.19. The van der Waals surface area contributed by atoms with Gasteiger partial charge in [-0.15, -0.1) is 11.3 Å². The molecule has 1 aromatic carbocycles. The lowest BCUT2D eigenvalue weighted by Gasteiger charge is -2.26. The van der Waals surface area contributed by atoms with Crippen LogP contribution in [0.15, 0.2) is 41.8 Å². The Hall–Kier alpha value is -2.09. The number of hydrogen-bond donors (Lipinski definition) is 2. The number of aliphatic hydroxyl groups is 1. The average Bonchev–Trinajstić information content (AvgIpc) is 3.15. The number of benzene rings is 1. The minimum Gasteiger partial charge on any atom is -0.485 e. The van der Waals surface area contributed by atoms with Gasteiger partial charge in [0.15, 0.2) is 11.5 Å². The van der Waals surface area contributed by atoms with Gasteiger partial charge in [-0.2, -0.15) is 0 Å². The predicted molar refractivity (Wildman–Crippen MR) is 89.5 cm³/mol. The molecule has 6 nitrogen and oxygen atoms in total. The molecule has 7 heteroatoms. The van der Waals surface area contributed by atoms with Gasteiger partial charge in [0.1, 0.15) is 12.7 Å². The lowest BCUT2D eigenvalue weighted by atomic mass is 10.2. The molecule has 3 rings (SSSR count). The van der Waals surface area contributed by atoms with Crippen molar-refractivity contribution < 1.29 is 24.1 Å². The van der Waals surface area contributed by atoms with Crippen molar-refractivity contribution in [2.45, 2.75) is 12.2 Å². The Morgan fingerprint density at radius 3 is 2.92 bits per heavy atom. The van der Waals surface area contributed by atoms with Crippen molar-refractivity contribution in [2.75, 3.05) is 26.4 Å². The van der Waals surface area contributed by atoms with Gasteiger partial charge >= 0.3 is 0 Å². The van der Waals surface area contributed by atoms with Gasteiger partial charge in [-0.25, -0.2) is 0 Å². The van der Waals surface area contributed by atoms with Crippen LogP contribution < -0.4 is 14.8 Å². The van der Waals surface area contributed by atoms with Crippen molar-refractivity contribution in [1.82, 2.24) is 5.32 Å². The third kappa shape index (κ3) is 4.05. The summed E-state index contributed by atoms with van der Waals surface area (Å²) in [5.74, 6) is 0.957. The van der Waals surface area contributed by atoms with E-state index in [0.717, 1.165) is 4.88 Å². The molecule has 0 spiro atoms. The van der Waals surface area contributed by atoms with Crippen LogP contribution >= 0.6 is 11.3 Å². The number of amides is 1. The summed E-state index contributed by atoms with van der Waals surface area (Å²) in [7, 11) is 0. The summed E-state index contributed by atoms with van der Waals surface area (Å²) in [6, 6.07) is 11.1. The van der Waals surface area contributed by atoms with E-state index in [-0.39, 0.29) is 31.8 Å². The first-order chi connectivity index (χ1) is 11.8. The van der Waals surface area contributed by atoms with Crippen molar-refractivity contribution in [3.05, 3.63) is 46.7 Å². The van der Waals surface area contributed by atoms with E-state index < -0.39 is 6.10 Å². The van der Waals surface area contributed by atoms with E-state index in [9.17, 15) is 4.79 Å². The lowest BCUT2D eigenvalue weighted by molar-refractivity contribution is -0.131. The van der Waals surface area contributed by atoms with Crippen LogP contribution in [0, 0.1) is 0 Å². The molecule has 1 aliphatic rings. The highest BCUT2D eigenvalue weighted by molar-refractivity contribution is 7.10. The van der Waals surface area contributed by atoms with Gasteiger partial charge in [0, 0.05) is 11.4 Å². The number of carbonyl (C=O) groups excluding carboxylic acids is 1. The molecule has 1 aromatic heterocycles. The van der Waals surface area contributed by atoms with Gasteiger partial charge in [0.05, 0.1) is 13.2 Å². The molecule has 2 aromatic rings. The minimum atomic E-state index is -0.693. The zero-order valence-electron chi connectivity index (χ0n) is 13.0. The Morgan fingerprint density at radius 2 is 2.17 bits per heavy atom. The molecule has 1 amide bonds. The first-order valence-corrected chi connectivity index (χ1v) is 8.58. The van der Waals surface area contributed by atoms with Crippen molar-refractivity contribution in [2.24, 2.45) is 0 Å². The van der Waals surface area contributed by atoms with Crippen molar-refractivity contribution in [3.8, 4) is 11.5 Å². The standard InChI is InChI=1S/C17H19NO5S/c19-7-8-21-14(16-6-3-9-24-16)10-18-17(20)15-11-22-12-4-1-2-5-13(12)23-15/h1-6,9,14-15,19H,7-8,10-11H2,(H,18,20)/t14-,15+/m0/s1. The van der Waals surface area contributed by atoms with Gasteiger partial charge < -0.3 is 24.6 Å². The molecule has 0 saturated heterocycles. The Balaban J connectivity index is 1.56. The van der Waals surface area contributed by atoms with Gasteiger partial charge in [-0.05, 0) is 23.6 Å². The molecule has 2 atom stereocenters. The predicted octanol–water partition coefficient (Wildman–Crippen LogP) is 1.75. The number of nitrogens with one attached hydrogen (secondary N) is 1.